The third kappa shape index (κ3) is 3.12. The molecular formula is C16H27FN4. The topological polar surface area (TPSA) is 44.8 Å². The van der Waals surface area contributed by atoms with E-state index in [0.717, 1.165) is 24.7 Å². The van der Waals surface area contributed by atoms with E-state index >= 15 is 0 Å². The van der Waals surface area contributed by atoms with E-state index in [1.54, 1.807) is 0 Å². The first-order chi connectivity index (χ1) is 10.2. The van der Waals surface area contributed by atoms with Crippen LogP contribution in [0.2, 0.25) is 0 Å². The maximum absolute atomic E-state index is 13.3. The normalized spacial score (nSPS) is 28.6. The molecule has 1 saturated heterocycles. The molecule has 5 heteroatoms. The third-order valence-electron chi connectivity index (χ3n) is 5.24. The van der Waals surface area contributed by atoms with Gasteiger partial charge in [-0.15, -0.1) is 0 Å². The number of aromatic amines is 1. The van der Waals surface area contributed by atoms with Crippen molar-refractivity contribution in [3.63, 3.8) is 0 Å². The second kappa shape index (κ2) is 6.42. The number of likely N-dealkylation sites (tertiary alicyclic amines) is 1. The van der Waals surface area contributed by atoms with Crippen molar-refractivity contribution in [2.75, 3.05) is 19.8 Å². The fourth-order valence-corrected chi connectivity index (χ4v) is 3.79. The van der Waals surface area contributed by atoms with Crippen molar-refractivity contribution >= 4 is 0 Å². The maximum atomic E-state index is 13.3. The van der Waals surface area contributed by atoms with Gasteiger partial charge in [0.2, 0.25) is 0 Å². The molecule has 0 amide bonds. The summed E-state index contributed by atoms with van der Waals surface area (Å²) in [6.07, 6.45) is 6.31. The molecule has 3 rings (SSSR count). The van der Waals surface area contributed by atoms with Crippen LogP contribution in [0.4, 0.5) is 4.39 Å². The number of hydrogen-bond donors (Lipinski definition) is 1. The van der Waals surface area contributed by atoms with Crippen molar-refractivity contribution in [2.45, 2.75) is 63.8 Å². The average Bonchev–Trinajstić information content (AvgIpc) is 3.14. The van der Waals surface area contributed by atoms with Gasteiger partial charge in [-0.2, -0.15) is 5.10 Å². The molecule has 1 N–H and O–H groups in total. The highest BCUT2D eigenvalue weighted by molar-refractivity contribution is 5.08. The smallest absolute Gasteiger partial charge is 0.153 e. The lowest BCUT2D eigenvalue weighted by Gasteiger charge is -2.19. The summed E-state index contributed by atoms with van der Waals surface area (Å²) in [7, 11) is 0. The van der Waals surface area contributed by atoms with Crippen LogP contribution >= 0.6 is 0 Å². The molecule has 1 aromatic heterocycles. The highest BCUT2D eigenvalue weighted by atomic mass is 19.1. The number of nitrogens with zero attached hydrogens (tertiary/aromatic N) is 3. The summed E-state index contributed by atoms with van der Waals surface area (Å²) < 4.78 is 13.3. The zero-order valence-corrected chi connectivity index (χ0v) is 13.2. The summed E-state index contributed by atoms with van der Waals surface area (Å²) in [5.74, 6) is 2.60. The Labute approximate surface area is 126 Å². The first-order valence-corrected chi connectivity index (χ1v) is 8.41. The molecule has 0 spiro atoms. The molecular weight excluding hydrogens is 267 g/mol. The molecule has 4 nitrogen and oxygen atoms in total. The zero-order valence-electron chi connectivity index (χ0n) is 13.2. The molecule has 1 aliphatic carbocycles. The molecule has 0 radical (unpaired) electrons. The number of nitrogens with one attached hydrogen (secondary N) is 1. The summed E-state index contributed by atoms with van der Waals surface area (Å²) in [6, 6.07) is 0.463. The van der Waals surface area contributed by atoms with Crippen LogP contribution in [-0.2, 0) is 0 Å². The Hall–Kier alpha value is -0.970. The minimum absolute atomic E-state index is 0.0551. The van der Waals surface area contributed by atoms with E-state index in [-0.39, 0.29) is 18.5 Å². The fraction of sp³-hybridized carbons (Fsp3) is 0.875. The number of H-pyrrole nitrogens is 1. The van der Waals surface area contributed by atoms with Gasteiger partial charge in [0, 0.05) is 36.9 Å². The fourth-order valence-electron chi connectivity index (χ4n) is 3.79. The molecule has 1 aromatic rings. The van der Waals surface area contributed by atoms with Gasteiger partial charge in [-0.25, -0.2) is 4.98 Å². The SMILES string of the molecule is CC(C)N1C[C@@H](CF)[C@H](c2nc(C3CCCCC3)n[nH]2)C1. The lowest BCUT2D eigenvalue weighted by atomic mass is 9.89. The number of alkyl halides is 1. The van der Waals surface area contributed by atoms with Crippen molar-refractivity contribution in [2.24, 2.45) is 5.92 Å². The number of halogens is 1. The molecule has 2 atom stereocenters. The number of rotatable bonds is 4. The Kier molecular flexibility index (Phi) is 4.57. The summed E-state index contributed by atoms with van der Waals surface area (Å²) in [5, 5.41) is 7.56. The van der Waals surface area contributed by atoms with Crippen molar-refractivity contribution < 1.29 is 4.39 Å². The summed E-state index contributed by atoms with van der Waals surface area (Å²) in [6.45, 7) is 5.80. The van der Waals surface area contributed by atoms with Crippen LogP contribution in [0, 0.1) is 5.92 Å². The van der Waals surface area contributed by atoms with E-state index in [4.69, 9.17) is 4.98 Å². The van der Waals surface area contributed by atoms with Gasteiger partial charge in [-0.3, -0.25) is 14.4 Å². The third-order valence-corrected chi connectivity index (χ3v) is 5.24. The van der Waals surface area contributed by atoms with E-state index in [0.29, 0.717) is 12.0 Å². The predicted octanol–water partition coefficient (Wildman–Crippen LogP) is 3.25. The predicted molar refractivity (Wildman–Crippen MR) is 81.1 cm³/mol. The summed E-state index contributed by atoms with van der Waals surface area (Å²) in [4.78, 5) is 7.09. The van der Waals surface area contributed by atoms with Crippen LogP contribution in [0.25, 0.3) is 0 Å². The molecule has 1 saturated carbocycles. The first-order valence-electron chi connectivity index (χ1n) is 8.41. The summed E-state index contributed by atoms with van der Waals surface area (Å²) >= 11 is 0. The van der Waals surface area contributed by atoms with Gasteiger partial charge in [0.25, 0.3) is 0 Å². The van der Waals surface area contributed by atoms with Gasteiger partial charge in [0.15, 0.2) is 5.82 Å². The highest BCUT2D eigenvalue weighted by Gasteiger charge is 2.37. The van der Waals surface area contributed by atoms with Crippen LogP contribution in [0.3, 0.4) is 0 Å². The molecule has 0 bridgehead atoms. The van der Waals surface area contributed by atoms with Gasteiger partial charge in [0.05, 0.1) is 6.67 Å². The van der Waals surface area contributed by atoms with Gasteiger partial charge in [0.1, 0.15) is 5.82 Å². The maximum Gasteiger partial charge on any atom is 0.153 e. The molecule has 0 unspecified atom stereocenters. The molecule has 2 aliphatic rings. The second-order valence-electron chi connectivity index (χ2n) is 6.98. The minimum atomic E-state index is -0.270. The highest BCUT2D eigenvalue weighted by Crippen LogP contribution is 2.34. The van der Waals surface area contributed by atoms with Crippen molar-refractivity contribution in [1.29, 1.82) is 0 Å². The largest absolute Gasteiger partial charge is 0.300 e. The Balaban J connectivity index is 1.72. The van der Waals surface area contributed by atoms with Gasteiger partial charge >= 0.3 is 0 Å². The lowest BCUT2D eigenvalue weighted by Crippen LogP contribution is -2.28. The quantitative estimate of drug-likeness (QED) is 0.927. The van der Waals surface area contributed by atoms with Crippen LogP contribution in [0.5, 0.6) is 0 Å². The molecule has 0 aromatic carbocycles. The minimum Gasteiger partial charge on any atom is -0.300 e. The second-order valence-corrected chi connectivity index (χ2v) is 6.98. The zero-order chi connectivity index (χ0) is 14.8. The van der Waals surface area contributed by atoms with E-state index < -0.39 is 0 Å². The Morgan fingerprint density at radius 3 is 2.67 bits per heavy atom. The van der Waals surface area contributed by atoms with Crippen LogP contribution in [0.15, 0.2) is 0 Å². The molecule has 2 heterocycles. The van der Waals surface area contributed by atoms with Crippen LogP contribution in [-0.4, -0.2) is 45.9 Å². The molecule has 21 heavy (non-hydrogen) atoms. The van der Waals surface area contributed by atoms with E-state index in [1.807, 2.05) is 0 Å². The average molecular weight is 294 g/mol. The number of aromatic nitrogens is 3. The van der Waals surface area contributed by atoms with Crippen molar-refractivity contribution in [3.8, 4) is 0 Å². The molecule has 2 fully saturated rings. The Bertz CT molecular complexity index is 453. The molecule has 118 valence electrons. The lowest BCUT2D eigenvalue weighted by molar-refractivity contribution is 0.254. The van der Waals surface area contributed by atoms with Crippen molar-refractivity contribution in [1.82, 2.24) is 20.1 Å². The Morgan fingerprint density at radius 2 is 2.00 bits per heavy atom. The standard InChI is InChI=1S/C16H27FN4/c1-11(2)21-9-13(8-17)14(10-21)16-18-15(19-20-16)12-6-4-3-5-7-12/h11-14H,3-10H2,1-2H3,(H,18,19,20)/t13-,14-/m1/s1. The van der Waals surface area contributed by atoms with E-state index in [9.17, 15) is 4.39 Å². The Morgan fingerprint density at radius 1 is 1.24 bits per heavy atom. The van der Waals surface area contributed by atoms with E-state index in [2.05, 4.69) is 28.9 Å². The summed E-state index contributed by atoms with van der Waals surface area (Å²) in [5.41, 5.74) is 0. The van der Waals surface area contributed by atoms with Gasteiger partial charge in [-0.05, 0) is 26.7 Å². The van der Waals surface area contributed by atoms with Gasteiger partial charge in [-0.1, -0.05) is 19.3 Å². The van der Waals surface area contributed by atoms with E-state index in [1.165, 1.54) is 32.1 Å². The van der Waals surface area contributed by atoms with Crippen molar-refractivity contribution in [3.05, 3.63) is 11.6 Å². The number of hydrogen-bond acceptors (Lipinski definition) is 3. The van der Waals surface area contributed by atoms with Crippen LogP contribution in [0.1, 0.15) is 69.4 Å². The monoisotopic (exact) mass is 294 g/mol. The van der Waals surface area contributed by atoms with Gasteiger partial charge < -0.3 is 0 Å². The molecule has 1 aliphatic heterocycles. The van der Waals surface area contributed by atoms with Crippen LogP contribution < -0.4 is 0 Å². The first kappa shape index (κ1) is 14.9.